The third-order valence-corrected chi connectivity index (χ3v) is 4.54. The maximum absolute atomic E-state index is 11.0. The van der Waals surface area contributed by atoms with Crippen molar-refractivity contribution in [1.29, 1.82) is 0 Å². The predicted octanol–water partition coefficient (Wildman–Crippen LogP) is 2.73. The van der Waals surface area contributed by atoms with E-state index in [4.69, 9.17) is 14.6 Å². The fourth-order valence-electron chi connectivity index (χ4n) is 2.14. The molecule has 0 spiro atoms. The van der Waals surface area contributed by atoms with Gasteiger partial charge < -0.3 is 14.6 Å². The summed E-state index contributed by atoms with van der Waals surface area (Å²) in [6.45, 7) is 2.12. The van der Waals surface area contributed by atoms with Crippen LogP contribution in [-0.4, -0.2) is 48.3 Å². The van der Waals surface area contributed by atoms with Crippen LogP contribution in [0, 0.1) is 0 Å². The molecule has 2 rings (SSSR count). The Bertz CT molecular complexity index is 686. The number of thiazole rings is 1. The van der Waals surface area contributed by atoms with E-state index < -0.39 is 12.0 Å². The third-order valence-electron chi connectivity index (χ3n) is 3.62. The first-order valence-electron chi connectivity index (χ1n) is 7.06. The average molecular weight is 336 g/mol. The van der Waals surface area contributed by atoms with E-state index in [1.807, 2.05) is 23.6 Å². The molecule has 124 valence electrons. The zero-order chi connectivity index (χ0) is 17.0. The van der Waals surface area contributed by atoms with Crippen molar-refractivity contribution in [3.8, 4) is 22.1 Å². The Balaban J connectivity index is 2.25. The van der Waals surface area contributed by atoms with Gasteiger partial charge >= 0.3 is 5.97 Å². The minimum Gasteiger partial charge on any atom is -0.493 e. The molecule has 0 saturated heterocycles. The van der Waals surface area contributed by atoms with Gasteiger partial charge in [-0.3, -0.25) is 9.69 Å². The van der Waals surface area contributed by atoms with Crippen molar-refractivity contribution >= 4 is 17.3 Å². The maximum atomic E-state index is 11.0. The average Bonchev–Trinajstić information content (AvgIpc) is 3.01. The number of aromatic nitrogens is 1. The quantitative estimate of drug-likeness (QED) is 0.838. The van der Waals surface area contributed by atoms with E-state index in [0.29, 0.717) is 18.0 Å². The van der Waals surface area contributed by atoms with Gasteiger partial charge in [0, 0.05) is 11.9 Å². The van der Waals surface area contributed by atoms with E-state index in [1.54, 1.807) is 33.1 Å². The van der Waals surface area contributed by atoms with E-state index in [-0.39, 0.29) is 0 Å². The van der Waals surface area contributed by atoms with E-state index in [2.05, 4.69) is 4.98 Å². The fraction of sp³-hybridized carbons (Fsp3) is 0.375. The van der Waals surface area contributed by atoms with Crippen LogP contribution in [0.15, 0.2) is 23.6 Å². The molecule has 0 amide bonds. The second-order valence-electron chi connectivity index (χ2n) is 5.11. The molecule has 6 nitrogen and oxygen atoms in total. The summed E-state index contributed by atoms with van der Waals surface area (Å²) in [7, 11) is 4.96. The number of benzene rings is 1. The molecule has 1 aromatic carbocycles. The number of aliphatic carboxylic acids is 1. The third kappa shape index (κ3) is 3.80. The number of para-hydroxylation sites is 1. The monoisotopic (exact) mass is 336 g/mol. The highest BCUT2D eigenvalue weighted by Gasteiger charge is 2.19. The number of ether oxygens (including phenoxy) is 2. The lowest BCUT2D eigenvalue weighted by atomic mass is 10.2. The molecule has 0 aliphatic rings. The fourth-order valence-corrected chi connectivity index (χ4v) is 2.97. The molecular weight excluding hydrogens is 316 g/mol. The van der Waals surface area contributed by atoms with E-state index >= 15 is 0 Å². The Hall–Kier alpha value is -2.12. The topological polar surface area (TPSA) is 71.9 Å². The largest absolute Gasteiger partial charge is 0.493 e. The van der Waals surface area contributed by atoms with Crippen LogP contribution in [0.5, 0.6) is 11.5 Å². The van der Waals surface area contributed by atoms with Crippen molar-refractivity contribution in [2.45, 2.75) is 19.5 Å². The van der Waals surface area contributed by atoms with Crippen molar-refractivity contribution in [1.82, 2.24) is 9.88 Å². The number of hydrogen-bond donors (Lipinski definition) is 1. The minimum atomic E-state index is -0.850. The first-order chi connectivity index (χ1) is 11.0. The smallest absolute Gasteiger partial charge is 0.320 e. The number of carbonyl (C=O) groups is 1. The zero-order valence-corrected chi connectivity index (χ0v) is 14.4. The van der Waals surface area contributed by atoms with Crippen LogP contribution in [0.3, 0.4) is 0 Å². The number of nitrogens with zero attached hydrogens (tertiary/aromatic N) is 2. The second kappa shape index (κ2) is 7.43. The van der Waals surface area contributed by atoms with Crippen molar-refractivity contribution in [2.24, 2.45) is 0 Å². The van der Waals surface area contributed by atoms with Gasteiger partial charge in [-0.25, -0.2) is 4.98 Å². The predicted molar refractivity (Wildman–Crippen MR) is 89.2 cm³/mol. The van der Waals surface area contributed by atoms with Crippen LogP contribution in [0.2, 0.25) is 0 Å². The molecule has 0 bridgehead atoms. The Labute approximate surface area is 139 Å². The first kappa shape index (κ1) is 17.2. The lowest BCUT2D eigenvalue weighted by Gasteiger charge is -2.19. The molecule has 0 radical (unpaired) electrons. The van der Waals surface area contributed by atoms with Gasteiger partial charge in [0.2, 0.25) is 0 Å². The van der Waals surface area contributed by atoms with Crippen molar-refractivity contribution in [3.63, 3.8) is 0 Å². The number of rotatable bonds is 7. The first-order valence-corrected chi connectivity index (χ1v) is 7.94. The summed E-state index contributed by atoms with van der Waals surface area (Å²) in [6, 6.07) is 5.08. The normalized spacial score (nSPS) is 12.2. The molecule has 0 saturated carbocycles. The minimum absolute atomic E-state index is 0.469. The summed E-state index contributed by atoms with van der Waals surface area (Å²) < 4.78 is 10.7. The molecule has 1 aromatic heterocycles. The SMILES string of the molecule is COc1cccc(-c2nc(CN(C)C(C)C(=O)O)cs2)c1OC. The van der Waals surface area contributed by atoms with Crippen LogP contribution in [0.25, 0.3) is 10.6 Å². The molecule has 1 unspecified atom stereocenters. The Morgan fingerprint density at radius 2 is 2.13 bits per heavy atom. The zero-order valence-electron chi connectivity index (χ0n) is 13.6. The molecule has 2 aromatic rings. The second-order valence-corrected chi connectivity index (χ2v) is 5.97. The van der Waals surface area contributed by atoms with Gasteiger partial charge in [0.05, 0.1) is 25.5 Å². The van der Waals surface area contributed by atoms with Crippen molar-refractivity contribution < 1.29 is 19.4 Å². The van der Waals surface area contributed by atoms with Gasteiger partial charge in [0.1, 0.15) is 11.0 Å². The summed E-state index contributed by atoms with van der Waals surface area (Å²) >= 11 is 1.49. The standard InChI is InChI=1S/C16H20N2O4S/c1-10(16(19)20)18(2)8-11-9-23-15(17-11)12-6-5-7-13(21-3)14(12)22-4/h5-7,9-10H,8H2,1-4H3,(H,19,20). The molecule has 0 aliphatic heterocycles. The van der Waals surface area contributed by atoms with Crippen LogP contribution in [-0.2, 0) is 11.3 Å². The molecule has 0 fully saturated rings. The van der Waals surface area contributed by atoms with Crippen LogP contribution < -0.4 is 9.47 Å². The molecule has 1 heterocycles. The highest BCUT2D eigenvalue weighted by atomic mass is 32.1. The van der Waals surface area contributed by atoms with E-state index in [0.717, 1.165) is 16.3 Å². The maximum Gasteiger partial charge on any atom is 0.320 e. The molecular formula is C16H20N2O4S. The summed E-state index contributed by atoms with van der Waals surface area (Å²) in [6.07, 6.45) is 0. The number of carboxylic acids is 1. The van der Waals surface area contributed by atoms with Crippen molar-refractivity contribution in [2.75, 3.05) is 21.3 Å². The number of hydrogen-bond acceptors (Lipinski definition) is 6. The lowest BCUT2D eigenvalue weighted by molar-refractivity contribution is -0.142. The Morgan fingerprint density at radius 1 is 1.39 bits per heavy atom. The molecule has 7 heteroatoms. The van der Waals surface area contributed by atoms with E-state index in [1.165, 1.54) is 11.3 Å². The molecule has 23 heavy (non-hydrogen) atoms. The van der Waals surface area contributed by atoms with Gasteiger partial charge in [-0.15, -0.1) is 11.3 Å². The van der Waals surface area contributed by atoms with Gasteiger partial charge in [-0.2, -0.15) is 0 Å². The summed E-state index contributed by atoms with van der Waals surface area (Å²) in [5.41, 5.74) is 1.68. The summed E-state index contributed by atoms with van der Waals surface area (Å²) in [4.78, 5) is 17.4. The highest BCUT2D eigenvalue weighted by molar-refractivity contribution is 7.13. The number of likely N-dealkylation sites (N-methyl/N-ethyl adjacent to an activating group) is 1. The molecule has 0 aliphatic carbocycles. The van der Waals surface area contributed by atoms with Gasteiger partial charge in [0.25, 0.3) is 0 Å². The Morgan fingerprint density at radius 3 is 2.74 bits per heavy atom. The van der Waals surface area contributed by atoms with Gasteiger partial charge in [0.15, 0.2) is 11.5 Å². The van der Waals surface area contributed by atoms with Gasteiger partial charge in [-0.1, -0.05) is 6.07 Å². The molecule has 1 N–H and O–H groups in total. The van der Waals surface area contributed by atoms with E-state index in [9.17, 15) is 4.79 Å². The summed E-state index contributed by atoms with van der Waals surface area (Å²) in [5.74, 6) is 0.443. The van der Waals surface area contributed by atoms with Crippen molar-refractivity contribution in [3.05, 3.63) is 29.3 Å². The van der Waals surface area contributed by atoms with Gasteiger partial charge in [-0.05, 0) is 26.1 Å². The molecule has 1 atom stereocenters. The highest BCUT2D eigenvalue weighted by Crippen LogP contribution is 2.39. The number of carboxylic acid groups (broad SMARTS) is 1. The van der Waals surface area contributed by atoms with Crippen LogP contribution >= 0.6 is 11.3 Å². The summed E-state index contributed by atoms with van der Waals surface area (Å²) in [5, 5.41) is 11.8. The number of methoxy groups -OCH3 is 2. The van der Waals surface area contributed by atoms with Crippen LogP contribution in [0.4, 0.5) is 0 Å². The van der Waals surface area contributed by atoms with Crippen LogP contribution in [0.1, 0.15) is 12.6 Å². The Kier molecular flexibility index (Phi) is 5.57. The lowest BCUT2D eigenvalue weighted by Crippen LogP contribution is -2.35.